The summed E-state index contributed by atoms with van der Waals surface area (Å²) in [4.78, 5) is 13.3. The van der Waals surface area contributed by atoms with Crippen LogP contribution in [0.25, 0.3) is 0 Å². The van der Waals surface area contributed by atoms with E-state index in [0.29, 0.717) is 30.5 Å². The van der Waals surface area contributed by atoms with E-state index in [9.17, 15) is 26.4 Å². The fourth-order valence-corrected chi connectivity index (χ4v) is 2.42. The molecule has 1 amide bonds. The van der Waals surface area contributed by atoms with Gasteiger partial charge in [-0.05, 0) is 0 Å². The number of likely N-dealkylation sites (N-methyl/N-ethyl adjacent to an activating group) is 1. The lowest BCUT2D eigenvalue weighted by atomic mass is 10.3. The van der Waals surface area contributed by atoms with Gasteiger partial charge in [-0.1, -0.05) is 0 Å². The summed E-state index contributed by atoms with van der Waals surface area (Å²) in [5.41, 5.74) is 0. The Morgan fingerprint density at radius 2 is 1.90 bits per heavy atom. The molecule has 1 aliphatic rings. The molecule has 2 N–H and O–H groups in total. The van der Waals surface area contributed by atoms with Gasteiger partial charge in [0.2, 0.25) is 5.91 Å². The molecule has 0 aromatic heterocycles. The van der Waals surface area contributed by atoms with Gasteiger partial charge in [-0.2, -0.15) is 30.6 Å². The molecule has 0 aromatic rings. The van der Waals surface area contributed by atoms with Crippen molar-refractivity contribution in [2.75, 3.05) is 46.3 Å². The van der Waals surface area contributed by atoms with Gasteiger partial charge >= 0.3 is 6.18 Å². The Kier molecular flexibility index (Phi) is 5.74. The summed E-state index contributed by atoms with van der Waals surface area (Å²) < 4.78 is 60.9. The maximum atomic E-state index is 12.0. The number of alkyl halides is 3. The van der Waals surface area contributed by atoms with Gasteiger partial charge in [-0.3, -0.25) is 4.79 Å². The van der Waals surface area contributed by atoms with Crippen molar-refractivity contribution in [2.24, 2.45) is 0 Å². The maximum Gasteiger partial charge on any atom is 0.402 e. The molecule has 11 heteroatoms. The highest BCUT2D eigenvalue weighted by Crippen LogP contribution is 2.13. The zero-order chi connectivity index (χ0) is 15.4. The van der Waals surface area contributed by atoms with E-state index in [4.69, 9.17) is 0 Å². The zero-order valence-electron chi connectivity index (χ0n) is 10.9. The van der Waals surface area contributed by atoms with Crippen LogP contribution in [0, 0.1) is 0 Å². The Bertz CT molecular complexity index is 434. The molecule has 0 unspecified atom stereocenters. The number of piperazine rings is 1. The minimum Gasteiger partial charge on any atom is -0.339 e. The van der Waals surface area contributed by atoms with E-state index in [1.165, 1.54) is 9.62 Å². The van der Waals surface area contributed by atoms with Gasteiger partial charge in [0.15, 0.2) is 0 Å². The van der Waals surface area contributed by atoms with Crippen LogP contribution in [0.2, 0.25) is 0 Å². The van der Waals surface area contributed by atoms with Gasteiger partial charge in [0.1, 0.15) is 6.54 Å². The van der Waals surface area contributed by atoms with Crippen LogP contribution in [0.15, 0.2) is 0 Å². The smallest absolute Gasteiger partial charge is 0.339 e. The largest absolute Gasteiger partial charge is 0.402 e. The number of nitrogens with one attached hydrogen (secondary N) is 2. The standard InChI is InChI=1S/C9H17F3N4O3S/c1-15(20(18,19)14-7-9(10,11)12)6-8(17)16-4-2-13-3-5-16/h13-14H,2-7H2,1H3. The summed E-state index contributed by atoms with van der Waals surface area (Å²) in [5, 5.41) is 3.03. The zero-order valence-corrected chi connectivity index (χ0v) is 11.7. The van der Waals surface area contributed by atoms with Crippen LogP contribution in [0.3, 0.4) is 0 Å². The Labute approximate surface area is 115 Å². The number of nitrogens with zero attached hydrogens (tertiary/aromatic N) is 2. The molecule has 0 saturated carbocycles. The Morgan fingerprint density at radius 1 is 1.35 bits per heavy atom. The average molecular weight is 318 g/mol. The van der Waals surface area contributed by atoms with E-state index in [0.717, 1.165) is 7.05 Å². The summed E-state index contributed by atoms with van der Waals surface area (Å²) in [6.07, 6.45) is -4.64. The van der Waals surface area contributed by atoms with E-state index in [1.54, 1.807) is 0 Å². The number of carbonyl (C=O) groups is 1. The molecule has 1 aliphatic heterocycles. The predicted molar refractivity (Wildman–Crippen MR) is 65.1 cm³/mol. The van der Waals surface area contributed by atoms with Crippen LogP contribution >= 0.6 is 0 Å². The second kappa shape index (κ2) is 6.70. The Morgan fingerprint density at radius 3 is 2.40 bits per heavy atom. The number of hydrogen-bond donors (Lipinski definition) is 2. The summed E-state index contributed by atoms with van der Waals surface area (Å²) in [6.45, 7) is -0.0524. The fourth-order valence-electron chi connectivity index (χ4n) is 1.57. The minimum atomic E-state index is -4.64. The van der Waals surface area contributed by atoms with Gasteiger partial charge in [0, 0.05) is 33.2 Å². The molecule has 118 valence electrons. The summed E-state index contributed by atoms with van der Waals surface area (Å²) >= 11 is 0. The van der Waals surface area contributed by atoms with Crippen molar-refractivity contribution in [1.82, 2.24) is 19.2 Å². The predicted octanol–water partition coefficient (Wildman–Crippen LogP) is -1.25. The molecule has 20 heavy (non-hydrogen) atoms. The van der Waals surface area contributed by atoms with Crippen molar-refractivity contribution in [3.8, 4) is 0 Å². The fraction of sp³-hybridized carbons (Fsp3) is 0.889. The SMILES string of the molecule is CN(CC(=O)N1CCNCC1)S(=O)(=O)NCC(F)(F)F. The van der Waals surface area contributed by atoms with Crippen LogP contribution in [-0.4, -0.2) is 76.0 Å². The monoisotopic (exact) mass is 318 g/mol. The summed E-state index contributed by atoms with van der Waals surface area (Å²) in [6, 6.07) is 0. The second-order valence-electron chi connectivity index (χ2n) is 4.33. The van der Waals surface area contributed by atoms with Crippen LogP contribution in [-0.2, 0) is 15.0 Å². The number of halogens is 3. The molecule has 1 fully saturated rings. The first-order valence-electron chi connectivity index (χ1n) is 5.88. The third-order valence-corrected chi connectivity index (χ3v) is 4.15. The number of rotatable bonds is 5. The molecule has 0 aliphatic carbocycles. The molecule has 0 bridgehead atoms. The molecular weight excluding hydrogens is 301 g/mol. The summed E-state index contributed by atoms with van der Waals surface area (Å²) in [5.74, 6) is -0.439. The van der Waals surface area contributed by atoms with Crippen molar-refractivity contribution >= 4 is 16.1 Å². The lowest BCUT2D eigenvalue weighted by Crippen LogP contribution is -2.51. The van der Waals surface area contributed by atoms with Crippen LogP contribution in [0.1, 0.15) is 0 Å². The van der Waals surface area contributed by atoms with Crippen LogP contribution < -0.4 is 10.0 Å². The lowest BCUT2D eigenvalue weighted by Gasteiger charge is -2.29. The van der Waals surface area contributed by atoms with Gasteiger partial charge in [-0.15, -0.1) is 0 Å². The molecular formula is C9H17F3N4O3S. The molecule has 0 aromatic carbocycles. The normalized spacial score (nSPS) is 17.6. The average Bonchev–Trinajstić information content (AvgIpc) is 2.36. The maximum absolute atomic E-state index is 12.0. The van der Waals surface area contributed by atoms with Gasteiger partial charge in [0.05, 0.1) is 6.54 Å². The van der Waals surface area contributed by atoms with Crippen molar-refractivity contribution in [2.45, 2.75) is 6.18 Å². The van der Waals surface area contributed by atoms with Gasteiger partial charge < -0.3 is 10.2 Å². The van der Waals surface area contributed by atoms with Crippen molar-refractivity contribution in [1.29, 1.82) is 0 Å². The van der Waals surface area contributed by atoms with Crippen molar-refractivity contribution in [3.63, 3.8) is 0 Å². The van der Waals surface area contributed by atoms with Crippen LogP contribution in [0.5, 0.6) is 0 Å². The number of amides is 1. The molecule has 1 rings (SSSR count). The quantitative estimate of drug-likeness (QED) is 0.663. The first-order chi connectivity index (χ1) is 9.12. The first-order valence-corrected chi connectivity index (χ1v) is 7.32. The highest BCUT2D eigenvalue weighted by Gasteiger charge is 2.31. The lowest BCUT2D eigenvalue weighted by molar-refractivity contribution is -0.131. The van der Waals surface area contributed by atoms with E-state index in [1.807, 2.05) is 0 Å². The minimum absolute atomic E-state index is 0.439. The number of hydrogen-bond acceptors (Lipinski definition) is 4. The van der Waals surface area contributed by atoms with Gasteiger partial charge in [-0.25, -0.2) is 0 Å². The molecule has 0 radical (unpaired) electrons. The van der Waals surface area contributed by atoms with Gasteiger partial charge in [0.25, 0.3) is 10.2 Å². The van der Waals surface area contributed by atoms with Crippen molar-refractivity contribution in [3.05, 3.63) is 0 Å². The highest BCUT2D eigenvalue weighted by molar-refractivity contribution is 7.87. The Hall–Kier alpha value is -0.910. The van der Waals surface area contributed by atoms with E-state index >= 15 is 0 Å². The first kappa shape index (κ1) is 17.1. The topological polar surface area (TPSA) is 81.8 Å². The third kappa shape index (κ3) is 5.61. The molecule has 0 atom stereocenters. The molecule has 0 spiro atoms. The molecule has 1 saturated heterocycles. The summed E-state index contributed by atoms with van der Waals surface area (Å²) in [7, 11) is -3.27. The van der Waals surface area contributed by atoms with Crippen molar-refractivity contribution < 1.29 is 26.4 Å². The molecule has 1 heterocycles. The second-order valence-corrected chi connectivity index (χ2v) is 6.19. The van der Waals surface area contributed by atoms with E-state index < -0.39 is 35.4 Å². The highest BCUT2D eigenvalue weighted by atomic mass is 32.2. The Balaban J connectivity index is 2.51. The molecule has 7 nitrogen and oxygen atoms in total. The van der Waals surface area contributed by atoms with E-state index in [-0.39, 0.29) is 0 Å². The third-order valence-electron chi connectivity index (χ3n) is 2.69. The number of carbonyl (C=O) groups excluding carboxylic acids is 1. The van der Waals surface area contributed by atoms with Crippen LogP contribution in [0.4, 0.5) is 13.2 Å². The van der Waals surface area contributed by atoms with E-state index in [2.05, 4.69) is 5.32 Å².